The molecule has 0 aromatic carbocycles. The Bertz CT molecular complexity index is 370. The van der Waals surface area contributed by atoms with Crippen molar-refractivity contribution in [2.45, 2.75) is 51.7 Å². The zero-order chi connectivity index (χ0) is 13.1. The highest BCUT2D eigenvalue weighted by Gasteiger charge is 2.22. The topological polar surface area (TPSA) is 15.3 Å². The van der Waals surface area contributed by atoms with E-state index >= 15 is 0 Å². The van der Waals surface area contributed by atoms with E-state index in [-0.39, 0.29) is 0 Å². The molecule has 1 N–H and O–H groups in total. The smallest absolute Gasteiger partial charge is 0.0388 e. The van der Waals surface area contributed by atoms with Crippen LogP contribution in [0.1, 0.15) is 44.5 Å². The minimum Gasteiger partial charge on any atom is -0.307 e. The van der Waals surface area contributed by atoms with Crippen molar-refractivity contribution in [2.24, 2.45) is 0 Å². The van der Waals surface area contributed by atoms with E-state index in [1.54, 1.807) is 0 Å². The highest BCUT2D eigenvalue weighted by atomic mass is 79.9. The fourth-order valence-corrected chi connectivity index (χ4v) is 4.04. The second kappa shape index (κ2) is 6.51. The van der Waals surface area contributed by atoms with Gasteiger partial charge >= 0.3 is 0 Å². The maximum atomic E-state index is 3.77. The first-order valence-electron chi connectivity index (χ1n) is 6.80. The normalized spacial score (nSPS) is 20.5. The summed E-state index contributed by atoms with van der Waals surface area (Å²) in [6, 6.07) is 4.07. The van der Waals surface area contributed by atoms with Gasteiger partial charge in [-0.05, 0) is 68.7 Å². The van der Waals surface area contributed by atoms with Gasteiger partial charge in [0.1, 0.15) is 0 Å². The minimum atomic E-state index is 0.469. The van der Waals surface area contributed by atoms with Crippen molar-refractivity contribution in [3.63, 3.8) is 0 Å². The first-order chi connectivity index (χ1) is 8.56. The van der Waals surface area contributed by atoms with Crippen molar-refractivity contribution >= 4 is 27.3 Å². The van der Waals surface area contributed by atoms with Crippen LogP contribution in [0.5, 0.6) is 0 Å². The van der Waals surface area contributed by atoms with Gasteiger partial charge in [-0.25, -0.2) is 0 Å². The average Bonchev–Trinajstić information content (AvgIpc) is 2.76. The lowest BCUT2D eigenvalue weighted by atomic mass is 10.0. The average molecular weight is 331 g/mol. The van der Waals surface area contributed by atoms with Crippen LogP contribution in [-0.2, 0) is 0 Å². The van der Waals surface area contributed by atoms with Crippen LogP contribution < -0.4 is 5.32 Å². The Balaban J connectivity index is 1.81. The predicted molar refractivity (Wildman–Crippen MR) is 83.3 cm³/mol. The van der Waals surface area contributed by atoms with Crippen molar-refractivity contribution in [1.29, 1.82) is 0 Å². The molecule has 1 aliphatic heterocycles. The molecular formula is C14H23BrN2S. The third-order valence-corrected chi connectivity index (χ3v) is 5.64. The lowest BCUT2D eigenvalue weighted by Gasteiger charge is -2.36. The second-order valence-corrected chi connectivity index (χ2v) is 7.32. The van der Waals surface area contributed by atoms with Gasteiger partial charge in [-0.1, -0.05) is 0 Å². The Morgan fingerprint density at radius 2 is 2.00 bits per heavy atom. The third kappa shape index (κ3) is 3.80. The van der Waals surface area contributed by atoms with Crippen LogP contribution in [0.3, 0.4) is 0 Å². The summed E-state index contributed by atoms with van der Waals surface area (Å²) in [6.07, 6.45) is 2.55. The number of nitrogens with zero attached hydrogens (tertiary/aromatic N) is 1. The Morgan fingerprint density at radius 3 is 2.50 bits per heavy atom. The van der Waals surface area contributed by atoms with E-state index in [1.807, 2.05) is 11.3 Å². The van der Waals surface area contributed by atoms with Gasteiger partial charge in [0.25, 0.3) is 0 Å². The predicted octanol–water partition coefficient (Wildman–Crippen LogP) is 4.03. The summed E-state index contributed by atoms with van der Waals surface area (Å²) < 4.78 is 1.20. The molecule has 2 nitrogen and oxygen atoms in total. The maximum absolute atomic E-state index is 3.77. The molecule has 18 heavy (non-hydrogen) atoms. The van der Waals surface area contributed by atoms with E-state index in [9.17, 15) is 0 Å². The fraction of sp³-hybridized carbons (Fsp3) is 0.714. The van der Waals surface area contributed by atoms with Gasteiger partial charge in [0.05, 0.1) is 0 Å². The van der Waals surface area contributed by atoms with Crippen molar-refractivity contribution < 1.29 is 0 Å². The molecule has 0 amide bonds. The van der Waals surface area contributed by atoms with Crippen LogP contribution in [0.2, 0.25) is 0 Å². The molecular weight excluding hydrogens is 308 g/mol. The lowest BCUT2D eigenvalue weighted by Crippen LogP contribution is -2.45. The van der Waals surface area contributed by atoms with Crippen LogP contribution in [0.25, 0.3) is 0 Å². The Labute approximate surface area is 123 Å². The first-order valence-corrected chi connectivity index (χ1v) is 8.47. The third-order valence-electron chi connectivity index (χ3n) is 3.76. The Kier molecular flexibility index (Phi) is 5.24. The Hall–Kier alpha value is 0.1000. The van der Waals surface area contributed by atoms with Gasteiger partial charge in [0.2, 0.25) is 0 Å². The molecule has 102 valence electrons. The molecule has 0 bridgehead atoms. The quantitative estimate of drug-likeness (QED) is 0.896. The lowest BCUT2D eigenvalue weighted by molar-refractivity contribution is 0.157. The summed E-state index contributed by atoms with van der Waals surface area (Å²) in [5, 5.41) is 5.93. The van der Waals surface area contributed by atoms with Crippen LogP contribution in [0, 0.1) is 0 Å². The standard InChI is InChI=1S/C14H23BrN2S/c1-10(2)17-6-4-13(5-7-17)16-11(3)14-8-12(15)9-18-14/h8-11,13,16H,4-7H2,1-3H3. The number of likely N-dealkylation sites (tertiary alicyclic amines) is 1. The van der Waals surface area contributed by atoms with Gasteiger partial charge in [0.15, 0.2) is 0 Å². The van der Waals surface area contributed by atoms with Crippen molar-refractivity contribution in [3.8, 4) is 0 Å². The molecule has 1 aromatic heterocycles. The van der Waals surface area contributed by atoms with Gasteiger partial charge in [-0.3, -0.25) is 0 Å². The number of hydrogen-bond donors (Lipinski definition) is 1. The molecule has 1 saturated heterocycles. The molecule has 0 aliphatic carbocycles. The van der Waals surface area contributed by atoms with E-state index in [1.165, 1.54) is 35.3 Å². The second-order valence-electron chi connectivity index (χ2n) is 5.46. The van der Waals surface area contributed by atoms with Crippen molar-refractivity contribution in [1.82, 2.24) is 10.2 Å². The van der Waals surface area contributed by atoms with Crippen LogP contribution in [0.15, 0.2) is 15.9 Å². The zero-order valence-corrected chi connectivity index (χ0v) is 13.9. The molecule has 4 heteroatoms. The molecule has 0 radical (unpaired) electrons. The summed E-state index contributed by atoms with van der Waals surface area (Å²) >= 11 is 5.36. The molecule has 1 aromatic rings. The minimum absolute atomic E-state index is 0.469. The van der Waals surface area contributed by atoms with Gasteiger partial charge in [0, 0.05) is 32.9 Å². The number of hydrogen-bond acceptors (Lipinski definition) is 3. The van der Waals surface area contributed by atoms with Crippen LogP contribution >= 0.6 is 27.3 Å². The summed E-state index contributed by atoms with van der Waals surface area (Å²) in [6.45, 7) is 9.32. The van der Waals surface area contributed by atoms with Gasteiger partial charge in [-0.15, -0.1) is 11.3 Å². The monoisotopic (exact) mass is 330 g/mol. The van der Waals surface area contributed by atoms with Gasteiger partial charge < -0.3 is 10.2 Å². The fourth-order valence-electron chi connectivity index (χ4n) is 2.57. The number of thiophene rings is 1. The number of piperidine rings is 1. The van der Waals surface area contributed by atoms with E-state index < -0.39 is 0 Å². The molecule has 1 fully saturated rings. The summed E-state index contributed by atoms with van der Waals surface area (Å²) in [5.41, 5.74) is 0. The molecule has 0 spiro atoms. The molecule has 1 unspecified atom stereocenters. The highest BCUT2D eigenvalue weighted by Crippen LogP contribution is 2.26. The number of halogens is 1. The summed E-state index contributed by atoms with van der Waals surface area (Å²) in [5.74, 6) is 0. The highest BCUT2D eigenvalue weighted by molar-refractivity contribution is 9.10. The van der Waals surface area contributed by atoms with Crippen molar-refractivity contribution in [2.75, 3.05) is 13.1 Å². The van der Waals surface area contributed by atoms with Crippen molar-refractivity contribution in [3.05, 3.63) is 20.8 Å². The first kappa shape index (κ1) is 14.5. The molecule has 2 heterocycles. The molecule has 2 rings (SSSR count). The maximum Gasteiger partial charge on any atom is 0.0388 e. The van der Waals surface area contributed by atoms with Crippen LogP contribution in [0.4, 0.5) is 0 Å². The molecule has 1 aliphatic rings. The zero-order valence-electron chi connectivity index (χ0n) is 11.4. The number of rotatable bonds is 4. The molecule has 1 atom stereocenters. The molecule has 0 saturated carbocycles. The number of nitrogens with one attached hydrogen (secondary N) is 1. The SMILES string of the molecule is CC(NC1CCN(C(C)C)CC1)c1cc(Br)cs1. The largest absolute Gasteiger partial charge is 0.307 e. The van der Waals surface area contributed by atoms with Gasteiger partial charge in [-0.2, -0.15) is 0 Å². The summed E-state index contributed by atoms with van der Waals surface area (Å²) in [4.78, 5) is 4.00. The van der Waals surface area contributed by atoms with Crippen LogP contribution in [-0.4, -0.2) is 30.1 Å². The van der Waals surface area contributed by atoms with E-state index in [0.717, 1.165) is 0 Å². The summed E-state index contributed by atoms with van der Waals surface area (Å²) in [7, 11) is 0. The Morgan fingerprint density at radius 1 is 1.33 bits per heavy atom. The van der Waals surface area contributed by atoms with E-state index in [0.29, 0.717) is 18.1 Å². The van der Waals surface area contributed by atoms with E-state index in [2.05, 4.69) is 58.4 Å². The van der Waals surface area contributed by atoms with E-state index in [4.69, 9.17) is 0 Å².